The highest BCUT2D eigenvalue weighted by Crippen LogP contribution is 2.30. The number of urea groups is 1. The van der Waals surface area contributed by atoms with E-state index >= 15 is 0 Å². The Kier molecular flexibility index (Phi) is 4.78. The van der Waals surface area contributed by atoms with Gasteiger partial charge in [0.05, 0.1) is 15.7 Å². The Morgan fingerprint density at radius 3 is 2.48 bits per heavy atom. The predicted molar refractivity (Wildman–Crippen MR) is 84.3 cm³/mol. The fraction of sp³-hybridized carbons (Fsp3) is 0.0833. The van der Waals surface area contributed by atoms with Gasteiger partial charge in [0.2, 0.25) is 5.84 Å². The van der Waals surface area contributed by atoms with E-state index in [9.17, 15) is 9.59 Å². The topological polar surface area (TPSA) is 53.0 Å². The predicted octanol–water partition coefficient (Wildman–Crippen LogP) is 4.07. The number of likely N-dealkylation sites (N-methyl/N-ethyl adjacent to an activating group) is 1. The second-order valence-corrected chi connectivity index (χ2v) is 5.37. The number of aliphatic imine (C=N–C) groups is 1. The van der Waals surface area contributed by atoms with E-state index in [4.69, 9.17) is 46.4 Å². The molecule has 3 amide bonds. The maximum absolute atomic E-state index is 12.2. The minimum absolute atomic E-state index is 0.131. The monoisotopic (exact) mass is 365 g/mol. The van der Waals surface area contributed by atoms with Gasteiger partial charge in [-0.3, -0.25) is 9.69 Å². The number of halogens is 4. The van der Waals surface area contributed by atoms with Gasteiger partial charge in [-0.2, -0.15) is 0 Å². The molecule has 21 heavy (non-hydrogen) atoms. The lowest BCUT2D eigenvalue weighted by atomic mass is 10.3. The second-order valence-electron chi connectivity index (χ2n) is 3.95. The zero-order valence-electron chi connectivity index (χ0n) is 10.5. The van der Waals surface area contributed by atoms with E-state index in [0.29, 0.717) is 10.7 Å². The number of anilines is 1. The van der Waals surface area contributed by atoms with Crippen molar-refractivity contribution in [3.8, 4) is 0 Å². The van der Waals surface area contributed by atoms with Crippen molar-refractivity contribution in [2.24, 2.45) is 4.99 Å². The zero-order chi connectivity index (χ0) is 15.7. The average molecular weight is 367 g/mol. The van der Waals surface area contributed by atoms with Crippen LogP contribution in [0.1, 0.15) is 0 Å². The number of amidine groups is 1. The molecule has 0 radical (unpaired) electrons. The third-order valence-electron chi connectivity index (χ3n) is 2.65. The molecule has 1 aliphatic rings. The van der Waals surface area contributed by atoms with Crippen LogP contribution < -0.4 is 4.90 Å². The van der Waals surface area contributed by atoms with Crippen LogP contribution >= 0.6 is 46.4 Å². The number of amides is 3. The van der Waals surface area contributed by atoms with Crippen LogP contribution in [0, 0.1) is 0 Å². The minimum atomic E-state index is -0.609. The van der Waals surface area contributed by atoms with Gasteiger partial charge in [-0.15, -0.1) is 0 Å². The first-order valence-corrected chi connectivity index (χ1v) is 7.05. The normalized spacial score (nSPS) is 18.1. The van der Waals surface area contributed by atoms with E-state index < -0.39 is 11.9 Å². The van der Waals surface area contributed by atoms with Crippen LogP contribution in [-0.4, -0.2) is 29.7 Å². The van der Waals surface area contributed by atoms with E-state index in [1.165, 1.54) is 25.2 Å². The van der Waals surface area contributed by atoms with Gasteiger partial charge in [-0.1, -0.05) is 46.4 Å². The minimum Gasteiger partial charge on any atom is -0.265 e. The van der Waals surface area contributed by atoms with Gasteiger partial charge in [0.25, 0.3) is 5.91 Å². The number of carbonyl (C=O) groups is 2. The SMILES string of the molecule is CN1C(=O)C(=NC(Cl)=CCl)N(c2ccc(Cl)c(Cl)c2)C1=O. The Balaban J connectivity index is 2.57. The molecule has 1 saturated heterocycles. The van der Waals surface area contributed by atoms with Crippen LogP contribution in [-0.2, 0) is 4.79 Å². The van der Waals surface area contributed by atoms with Gasteiger partial charge in [0.1, 0.15) is 5.16 Å². The highest BCUT2D eigenvalue weighted by atomic mass is 35.5. The van der Waals surface area contributed by atoms with E-state index in [2.05, 4.69) is 4.99 Å². The van der Waals surface area contributed by atoms with Crippen molar-refractivity contribution in [1.82, 2.24) is 4.90 Å². The van der Waals surface area contributed by atoms with E-state index in [1.807, 2.05) is 0 Å². The van der Waals surface area contributed by atoms with Crippen LogP contribution in [0.25, 0.3) is 0 Å². The van der Waals surface area contributed by atoms with Crippen molar-refractivity contribution in [1.29, 1.82) is 0 Å². The third kappa shape index (κ3) is 3.01. The number of rotatable bonds is 2. The Bertz CT molecular complexity index is 687. The zero-order valence-corrected chi connectivity index (χ0v) is 13.5. The molecule has 0 saturated carbocycles. The molecule has 0 spiro atoms. The lowest BCUT2D eigenvalue weighted by Gasteiger charge is -2.15. The molecule has 0 atom stereocenters. The summed E-state index contributed by atoms with van der Waals surface area (Å²) in [5.41, 5.74) is 1.32. The second kappa shape index (κ2) is 6.23. The number of hydrogen-bond donors (Lipinski definition) is 0. The Morgan fingerprint density at radius 2 is 1.90 bits per heavy atom. The molecule has 5 nitrogen and oxygen atoms in total. The Hall–Kier alpha value is -1.27. The van der Waals surface area contributed by atoms with Gasteiger partial charge in [-0.05, 0) is 18.2 Å². The Morgan fingerprint density at radius 1 is 1.24 bits per heavy atom. The maximum Gasteiger partial charge on any atom is 0.337 e. The highest BCUT2D eigenvalue weighted by molar-refractivity contribution is 6.55. The van der Waals surface area contributed by atoms with Gasteiger partial charge in [0, 0.05) is 12.6 Å². The maximum atomic E-state index is 12.2. The fourth-order valence-electron chi connectivity index (χ4n) is 1.65. The molecule has 1 aliphatic heterocycles. The van der Waals surface area contributed by atoms with Crippen molar-refractivity contribution in [2.75, 3.05) is 11.9 Å². The van der Waals surface area contributed by atoms with Crippen molar-refractivity contribution >= 4 is 69.9 Å². The van der Waals surface area contributed by atoms with Crippen LogP contribution in [0.5, 0.6) is 0 Å². The molecule has 0 aromatic heterocycles. The van der Waals surface area contributed by atoms with Crippen molar-refractivity contribution in [2.45, 2.75) is 0 Å². The summed E-state index contributed by atoms with van der Waals surface area (Å²) in [6, 6.07) is 3.90. The lowest BCUT2D eigenvalue weighted by molar-refractivity contribution is -0.119. The summed E-state index contributed by atoms with van der Waals surface area (Å²) in [7, 11) is 1.33. The summed E-state index contributed by atoms with van der Waals surface area (Å²) >= 11 is 22.9. The summed E-state index contributed by atoms with van der Waals surface area (Å²) < 4.78 is 0. The molecule has 1 aromatic carbocycles. The first-order valence-electron chi connectivity index (χ1n) is 5.48. The number of imide groups is 1. The highest BCUT2D eigenvalue weighted by Gasteiger charge is 2.41. The quantitative estimate of drug-likeness (QED) is 0.585. The molecule has 1 fully saturated rings. The molecule has 110 valence electrons. The standard InChI is InChI=1S/C12H7Cl4N3O2/c1-18-11(20)10(17-9(16)5-13)19(12(18)21)6-2-3-7(14)8(15)4-6/h2-5H,1H3. The van der Waals surface area contributed by atoms with Crippen molar-refractivity contribution < 1.29 is 9.59 Å². The van der Waals surface area contributed by atoms with Gasteiger partial charge < -0.3 is 0 Å². The molecular formula is C12H7Cl4N3O2. The molecule has 0 bridgehead atoms. The van der Waals surface area contributed by atoms with Crippen molar-refractivity contribution in [3.63, 3.8) is 0 Å². The molecule has 2 rings (SSSR count). The van der Waals surface area contributed by atoms with Gasteiger partial charge in [-0.25, -0.2) is 14.7 Å². The summed E-state index contributed by atoms with van der Waals surface area (Å²) in [6.45, 7) is 0. The van der Waals surface area contributed by atoms with Crippen LogP contribution in [0.15, 0.2) is 33.9 Å². The van der Waals surface area contributed by atoms with Crippen LogP contribution in [0.2, 0.25) is 10.0 Å². The number of nitrogens with zero attached hydrogens (tertiary/aromatic N) is 3. The van der Waals surface area contributed by atoms with Crippen LogP contribution in [0.3, 0.4) is 0 Å². The molecular weight excluding hydrogens is 360 g/mol. The first kappa shape index (κ1) is 16.1. The fourth-order valence-corrected chi connectivity index (χ4v) is 2.07. The van der Waals surface area contributed by atoms with E-state index in [0.717, 1.165) is 15.3 Å². The Labute approximate surface area is 140 Å². The smallest absolute Gasteiger partial charge is 0.265 e. The molecule has 0 N–H and O–H groups in total. The number of carbonyl (C=O) groups excluding carboxylic acids is 2. The molecule has 1 aromatic rings. The summed E-state index contributed by atoms with van der Waals surface area (Å²) in [5, 5.41) is 0.430. The molecule has 1 heterocycles. The average Bonchev–Trinajstić information content (AvgIpc) is 2.66. The molecule has 0 unspecified atom stereocenters. The lowest BCUT2D eigenvalue weighted by Crippen LogP contribution is -2.31. The summed E-state index contributed by atoms with van der Waals surface area (Å²) in [4.78, 5) is 30.0. The first-order chi connectivity index (χ1) is 9.86. The van der Waals surface area contributed by atoms with Crippen LogP contribution in [0.4, 0.5) is 10.5 Å². The molecule has 0 aliphatic carbocycles. The van der Waals surface area contributed by atoms with E-state index in [-0.39, 0.29) is 16.0 Å². The third-order valence-corrected chi connectivity index (χ3v) is 3.90. The largest absolute Gasteiger partial charge is 0.337 e. The number of hydrogen-bond acceptors (Lipinski definition) is 3. The number of benzene rings is 1. The summed E-state index contributed by atoms with van der Waals surface area (Å²) in [5.74, 6) is -0.787. The van der Waals surface area contributed by atoms with E-state index in [1.54, 1.807) is 0 Å². The van der Waals surface area contributed by atoms with Crippen molar-refractivity contribution in [3.05, 3.63) is 38.9 Å². The van der Waals surface area contributed by atoms with Gasteiger partial charge >= 0.3 is 6.03 Å². The summed E-state index contributed by atoms with van der Waals surface area (Å²) in [6.07, 6.45) is 0. The molecule has 9 heteroatoms. The van der Waals surface area contributed by atoms with Gasteiger partial charge in [0.15, 0.2) is 0 Å².